The monoisotopic (exact) mass is 619 g/mol. The van der Waals surface area contributed by atoms with E-state index in [0.717, 1.165) is 30.3 Å². The second-order valence-electron chi connectivity index (χ2n) is 8.87. The molecule has 0 bridgehead atoms. The van der Waals surface area contributed by atoms with Crippen LogP contribution in [0.3, 0.4) is 0 Å². The van der Waals surface area contributed by atoms with Gasteiger partial charge in [-0.05, 0) is 54.6 Å². The van der Waals surface area contributed by atoms with E-state index in [4.69, 9.17) is 11.6 Å². The highest BCUT2D eigenvalue weighted by molar-refractivity contribution is 6.31. The van der Waals surface area contributed by atoms with E-state index in [0.29, 0.717) is 17.3 Å². The molecule has 5 rings (SSSR count). The number of nitrogens with zero attached hydrogens (tertiary/aromatic N) is 3. The molecule has 0 aliphatic rings. The summed E-state index contributed by atoms with van der Waals surface area (Å²) in [6.07, 6.45) is -5.18. The largest absolute Gasteiger partial charge is 0.573 e. The molecule has 220 valence electrons. The molecule has 8 nitrogen and oxygen atoms in total. The minimum absolute atomic E-state index is 0.0385. The molecule has 0 aliphatic carbocycles. The van der Waals surface area contributed by atoms with Gasteiger partial charge in [-0.3, -0.25) is 14.0 Å². The third-order valence-electron chi connectivity index (χ3n) is 5.96. The van der Waals surface area contributed by atoms with Gasteiger partial charge in [0.2, 0.25) is 0 Å². The molecule has 0 atom stereocenters. The average molecular weight is 620 g/mol. The molecule has 2 aromatic heterocycles. The highest BCUT2D eigenvalue weighted by atomic mass is 35.5. The van der Waals surface area contributed by atoms with Crippen molar-refractivity contribution >= 4 is 40.6 Å². The minimum Gasteiger partial charge on any atom is -0.406 e. The van der Waals surface area contributed by atoms with E-state index in [1.165, 1.54) is 18.5 Å². The van der Waals surface area contributed by atoms with E-state index in [1.54, 1.807) is 34.9 Å². The number of imidazole rings is 1. The molecule has 0 aliphatic heterocycles. The average Bonchev–Trinajstić information content (AvgIpc) is 3.37. The maximum Gasteiger partial charge on any atom is 0.573 e. The zero-order valence-electron chi connectivity index (χ0n) is 21.3. The van der Waals surface area contributed by atoms with Gasteiger partial charge in [0, 0.05) is 34.8 Å². The van der Waals surface area contributed by atoms with Crippen molar-refractivity contribution < 1.29 is 40.7 Å². The van der Waals surface area contributed by atoms with Gasteiger partial charge in [0.25, 0.3) is 11.8 Å². The van der Waals surface area contributed by atoms with Crippen molar-refractivity contribution in [2.45, 2.75) is 12.5 Å². The zero-order valence-corrected chi connectivity index (χ0v) is 22.1. The van der Waals surface area contributed by atoms with Gasteiger partial charge in [-0.25, -0.2) is 9.97 Å². The van der Waals surface area contributed by atoms with Gasteiger partial charge in [0.1, 0.15) is 5.75 Å². The van der Waals surface area contributed by atoms with Crippen LogP contribution >= 0.6 is 11.6 Å². The van der Waals surface area contributed by atoms with Crippen LogP contribution in [0.25, 0.3) is 16.9 Å². The quantitative estimate of drug-likeness (QED) is 0.192. The molecule has 0 unspecified atom stereocenters. The van der Waals surface area contributed by atoms with E-state index < -0.39 is 40.7 Å². The number of nitrogens with one attached hydrogen (secondary N) is 2. The molecule has 0 fully saturated rings. The van der Waals surface area contributed by atoms with Crippen molar-refractivity contribution in [3.8, 4) is 17.0 Å². The minimum atomic E-state index is -4.87. The third-order valence-corrected chi connectivity index (χ3v) is 6.29. The van der Waals surface area contributed by atoms with Gasteiger partial charge in [-0.15, -0.1) is 13.2 Å². The number of hydrogen-bond donors (Lipinski definition) is 2. The van der Waals surface area contributed by atoms with Crippen molar-refractivity contribution in [2.75, 3.05) is 10.6 Å². The lowest BCUT2D eigenvalue weighted by atomic mass is 10.1. The molecule has 3 aromatic carbocycles. The lowest BCUT2D eigenvalue weighted by Gasteiger charge is -2.12. The van der Waals surface area contributed by atoms with Gasteiger partial charge in [-0.1, -0.05) is 23.7 Å². The number of carbonyl (C=O) groups is 2. The first-order valence-electron chi connectivity index (χ1n) is 12.1. The molecular weight excluding hydrogens is 604 g/mol. The molecule has 2 amide bonds. The van der Waals surface area contributed by atoms with Crippen LogP contribution in [0.4, 0.5) is 37.8 Å². The smallest absolute Gasteiger partial charge is 0.406 e. The fourth-order valence-corrected chi connectivity index (χ4v) is 4.28. The van der Waals surface area contributed by atoms with Crippen LogP contribution in [0.2, 0.25) is 5.02 Å². The molecule has 0 spiro atoms. The Morgan fingerprint density at radius 3 is 2.23 bits per heavy atom. The van der Waals surface area contributed by atoms with Crippen LogP contribution < -0.4 is 15.4 Å². The van der Waals surface area contributed by atoms with E-state index in [-0.39, 0.29) is 28.3 Å². The fraction of sp³-hybridized carbons (Fsp3) is 0.0714. The molecule has 0 saturated heterocycles. The lowest BCUT2D eigenvalue weighted by Crippen LogP contribution is -2.17. The van der Waals surface area contributed by atoms with Crippen LogP contribution in [0.15, 0.2) is 85.3 Å². The van der Waals surface area contributed by atoms with Crippen molar-refractivity contribution in [1.82, 2.24) is 14.4 Å². The summed E-state index contributed by atoms with van der Waals surface area (Å²) in [5, 5.41) is 4.59. The number of ether oxygens (including phenoxy) is 1. The van der Waals surface area contributed by atoms with Crippen LogP contribution in [-0.2, 0) is 6.18 Å². The van der Waals surface area contributed by atoms with Crippen LogP contribution in [0.5, 0.6) is 5.75 Å². The van der Waals surface area contributed by atoms with Crippen molar-refractivity contribution in [3.63, 3.8) is 0 Å². The third kappa shape index (κ3) is 6.70. The highest BCUT2D eigenvalue weighted by Crippen LogP contribution is 2.35. The molecule has 5 aromatic rings. The fourth-order valence-electron chi connectivity index (χ4n) is 4.05. The predicted molar refractivity (Wildman–Crippen MR) is 144 cm³/mol. The van der Waals surface area contributed by atoms with Crippen LogP contribution in [0, 0.1) is 0 Å². The van der Waals surface area contributed by atoms with Crippen LogP contribution in [-0.4, -0.2) is 32.5 Å². The molecular formula is C28H16ClF6N5O3. The first-order chi connectivity index (χ1) is 20.3. The van der Waals surface area contributed by atoms with Crippen molar-refractivity contribution in [1.29, 1.82) is 0 Å². The Bertz CT molecular complexity index is 1840. The number of aromatic nitrogens is 3. The summed E-state index contributed by atoms with van der Waals surface area (Å²) in [5.74, 6) is -1.88. The SMILES string of the molecule is O=C(Nc1cccc(-c2cnc3c(NC(=O)c4ccc(OC(F)(F)F)cc4)nccn23)c1)c1ccc(Cl)c(C(F)(F)F)c1. The van der Waals surface area contributed by atoms with E-state index in [1.807, 2.05) is 0 Å². The molecule has 0 saturated carbocycles. The molecule has 0 radical (unpaired) electrons. The zero-order chi connectivity index (χ0) is 30.9. The van der Waals surface area contributed by atoms with Gasteiger partial charge >= 0.3 is 12.5 Å². The van der Waals surface area contributed by atoms with E-state index in [9.17, 15) is 35.9 Å². The summed E-state index contributed by atoms with van der Waals surface area (Å²) in [4.78, 5) is 33.9. The number of alkyl halides is 6. The summed E-state index contributed by atoms with van der Waals surface area (Å²) in [5.41, 5.74) is 0.247. The Labute approximate surface area is 242 Å². The second kappa shape index (κ2) is 11.3. The number of carbonyl (C=O) groups excluding carboxylic acids is 2. The number of benzene rings is 3. The maximum atomic E-state index is 13.2. The van der Waals surface area contributed by atoms with Crippen molar-refractivity contribution in [2.24, 2.45) is 0 Å². The van der Waals surface area contributed by atoms with Gasteiger partial charge in [0.05, 0.1) is 22.5 Å². The first kappa shape index (κ1) is 29.4. The Morgan fingerprint density at radius 1 is 0.837 bits per heavy atom. The molecule has 2 heterocycles. The maximum absolute atomic E-state index is 13.2. The Balaban J connectivity index is 1.35. The molecule has 43 heavy (non-hydrogen) atoms. The van der Waals surface area contributed by atoms with E-state index >= 15 is 0 Å². The summed E-state index contributed by atoms with van der Waals surface area (Å²) < 4.78 is 82.2. The Morgan fingerprint density at radius 2 is 1.53 bits per heavy atom. The Kier molecular flexibility index (Phi) is 7.71. The number of hydrogen-bond acceptors (Lipinski definition) is 5. The number of anilines is 2. The summed E-state index contributed by atoms with van der Waals surface area (Å²) >= 11 is 5.64. The second-order valence-corrected chi connectivity index (χ2v) is 9.27. The molecule has 2 N–H and O–H groups in total. The topological polar surface area (TPSA) is 97.6 Å². The number of halogens is 7. The van der Waals surface area contributed by atoms with Gasteiger partial charge < -0.3 is 15.4 Å². The van der Waals surface area contributed by atoms with Crippen molar-refractivity contribution in [3.05, 3.63) is 107 Å². The van der Waals surface area contributed by atoms with Gasteiger partial charge in [-0.2, -0.15) is 13.2 Å². The summed E-state index contributed by atoms with van der Waals surface area (Å²) in [6, 6.07) is 13.6. The van der Waals surface area contributed by atoms with Crippen LogP contribution in [0.1, 0.15) is 26.3 Å². The number of fused-ring (bicyclic) bond motifs is 1. The highest BCUT2D eigenvalue weighted by Gasteiger charge is 2.34. The number of amides is 2. The normalized spacial score (nSPS) is 11.8. The van der Waals surface area contributed by atoms with Gasteiger partial charge in [0.15, 0.2) is 11.5 Å². The Hall–Kier alpha value is -5.11. The predicted octanol–water partition coefficient (Wildman–Crippen LogP) is 7.47. The number of rotatable bonds is 6. The summed E-state index contributed by atoms with van der Waals surface area (Å²) in [7, 11) is 0. The first-order valence-corrected chi connectivity index (χ1v) is 12.4. The standard InChI is InChI=1S/C28H16ClF6N5O3/c29-21-9-6-17(13-20(21)27(30,31)32)26(42)38-18-3-1-2-16(12-18)22-14-37-24-23(36-10-11-40(22)24)39-25(41)15-4-7-19(8-5-15)43-28(33,34)35/h1-14H,(H,38,42)(H,36,39,41). The molecule has 15 heteroatoms. The summed E-state index contributed by atoms with van der Waals surface area (Å²) in [6.45, 7) is 0. The van der Waals surface area contributed by atoms with E-state index in [2.05, 4.69) is 25.3 Å². The lowest BCUT2D eigenvalue weighted by molar-refractivity contribution is -0.274.